The van der Waals surface area contributed by atoms with Crippen molar-refractivity contribution < 1.29 is 14.3 Å². The number of amides is 1. The molecule has 0 saturated heterocycles. The largest absolute Gasteiger partial charge is 0.465 e. The van der Waals surface area contributed by atoms with Crippen molar-refractivity contribution in [3.63, 3.8) is 0 Å². The third-order valence-electron chi connectivity index (χ3n) is 2.97. The van der Waals surface area contributed by atoms with E-state index in [1.807, 2.05) is 6.92 Å². The number of thiophene rings is 1. The van der Waals surface area contributed by atoms with Gasteiger partial charge in [-0.15, -0.1) is 11.3 Å². The van der Waals surface area contributed by atoms with E-state index in [0.717, 1.165) is 17.0 Å². The van der Waals surface area contributed by atoms with Crippen LogP contribution in [0.3, 0.4) is 0 Å². The first-order chi connectivity index (χ1) is 10.1. The van der Waals surface area contributed by atoms with E-state index in [9.17, 15) is 9.59 Å². The van der Waals surface area contributed by atoms with E-state index in [4.69, 9.17) is 5.73 Å². The smallest absolute Gasteiger partial charge is 0.348 e. The van der Waals surface area contributed by atoms with Crippen LogP contribution in [0, 0.1) is 0 Å². The van der Waals surface area contributed by atoms with Gasteiger partial charge in [-0.3, -0.25) is 4.79 Å². The summed E-state index contributed by atoms with van der Waals surface area (Å²) in [6.45, 7) is 2.41. The first-order valence-corrected chi connectivity index (χ1v) is 7.24. The van der Waals surface area contributed by atoms with Crippen molar-refractivity contribution in [1.29, 1.82) is 0 Å². The molecule has 0 atom stereocenters. The first kappa shape index (κ1) is 15.1. The number of nitrogens with zero attached hydrogens (tertiary/aromatic N) is 1. The fourth-order valence-corrected chi connectivity index (χ4v) is 2.77. The third-order valence-corrected chi connectivity index (χ3v) is 4.02. The highest BCUT2D eigenvalue weighted by atomic mass is 32.1. The topological polar surface area (TPSA) is 72.6 Å². The number of ether oxygens (including phenoxy) is 1. The van der Waals surface area contributed by atoms with E-state index in [2.05, 4.69) is 4.74 Å². The number of nitrogen functional groups attached to an aromatic ring is 1. The van der Waals surface area contributed by atoms with Crippen LogP contribution in [0.5, 0.6) is 0 Å². The maximum atomic E-state index is 12.5. The summed E-state index contributed by atoms with van der Waals surface area (Å²) in [5.74, 6) is -0.586. The lowest BCUT2D eigenvalue weighted by Crippen LogP contribution is -2.29. The second-order valence-corrected chi connectivity index (χ2v) is 5.38. The Balaban J connectivity index is 2.26. The number of nitrogens with two attached hydrogens (primary N) is 1. The van der Waals surface area contributed by atoms with Gasteiger partial charge in [-0.05, 0) is 43.3 Å². The molecule has 0 radical (unpaired) electrons. The van der Waals surface area contributed by atoms with E-state index in [1.165, 1.54) is 7.11 Å². The molecule has 0 saturated carbocycles. The molecule has 0 aliphatic heterocycles. The molecule has 2 aromatic rings. The van der Waals surface area contributed by atoms with E-state index < -0.39 is 5.97 Å². The van der Waals surface area contributed by atoms with Gasteiger partial charge in [0.15, 0.2) is 0 Å². The lowest BCUT2D eigenvalue weighted by Gasteiger charge is -2.20. The number of carbonyl (C=O) groups is 2. The SMILES string of the molecule is CCN(C(=O)c1ccc(C(=O)OC)s1)c1ccc(N)cc1. The molecule has 0 fully saturated rings. The number of rotatable bonds is 4. The highest BCUT2D eigenvalue weighted by Gasteiger charge is 2.19. The van der Waals surface area contributed by atoms with Gasteiger partial charge >= 0.3 is 5.97 Å². The molecule has 1 amide bonds. The Hall–Kier alpha value is -2.34. The summed E-state index contributed by atoms with van der Waals surface area (Å²) in [6, 6.07) is 10.3. The number of methoxy groups -OCH3 is 1. The maximum absolute atomic E-state index is 12.5. The van der Waals surface area contributed by atoms with Crippen molar-refractivity contribution in [2.24, 2.45) is 0 Å². The monoisotopic (exact) mass is 304 g/mol. The molecule has 0 aliphatic carbocycles. The van der Waals surface area contributed by atoms with E-state index in [-0.39, 0.29) is 5.91 Å². The minimum Gasteiger partial charge on any atom is -0.465 e. The molecule has 21 heavy (non-hydrogen) atoms. The van der Waals surface area contributed by atoms with Gasteiger partial charge < -0.3 is 15.4 Å². The van der Waals surface area contributed by atoms with Gasteiger partial charge in [0.2, 0.25) is 0 Å². The Bertz CT molecular complexity index is 649. The van der Waals surface area contributed by atoms with Crippen LogP contribution in [0.15, 0.2) is 36.4 Å². The van der Waals surface area contributed by atoms with E-state index in [0.29, 0.717) is 22.0 Å². The van der Waals surface area contributed by atoms with Gasteiger partial charge in [-0.25, -0.2) is 4.79 Å². The maximum Gasteiger partial charge on any atom is 0.348 e. The van der Waals surface area contributed by atoms with Gasteiger partial charge in [0.1, 0.15) is 4.88 Å². The molecule has 0 aliphatic rings. The fourth-order valence-electron chi connectivity index (χ4n) is 1.89. The molecule has 6 heteroatoms. The third kappa shape index (κ3) is 3.22. The number of carbonyl (C=O) groups excluding carboxylic acids is 2. The molecule has 1 aromatic heterocycles. The van der Waals surface area contributed by atoms with Crippen LogP contribution < -0.4 is 10.6 Å². The normalized spacial score (nSPS) is 10.2. The zero-order valence-corrected chi connectivity index (χ0v) is 12.6. The van der Waals surface area contributed by atoms with Crippen LogP contribution in [-0.2, 0) is 4.74 Å². The first-order valence-electron chi connectivity index (χ1n) is 6.42. The predicted molar refractivity (Wildman–Crippen MR) is 83.9 cm³/mol. The second-order valence-electron chi connectivity index (χ2n) is 4.30. The molecular formula is C15H16N2O3S. The van der Waals surface area contributed by atoms with Crippen molar-refractivity contribution in [3.05, 3.63) is 46.2 Å². The summed E-state index contributed by atoms with van der Waals surface area (Å²) in [5.41, 5.74) is 7.07. The van der Waals surface area contributed by atoms with Crippen molar-refractivity contribution in [3.8, 4) is 0 Å². The highest BCUT2D eigenvalue weighted by molar-refractivity contribution is 7.16. The summed E-state index contributed by atoms with van der Waals surface area (Å²) < 4.78 is 4.65. The number of anilines is 2. The van der Waals surface area contributed by atoms with Crippen molar-refractivity contribution >= 4 is 34.6 Å². The lowest BCUT2D eigenvalue weighted by molar-refractivity contribution is 0.0606. The fraction of sp³-hybridized carbons (Fsp3) is 0.200. The van der Waals surface area contributed by atoms with Crippen molar-refractivity contribution in [1.82, 2.24) is 0 Å². The Morgan fingerprint density at radius 1 is 1.14 bits per heavy atom. The quantitative estimate of drug-likeness (QED) is 0.696. The average Bonchev–Trinajstić information content (AvgIpc) is 2.99. The molecule has 0 spiro atoms. The van der Waals surface area contributed by atoms with Crippen molar-refractivity contribution in [2.45, 2.75) is 6.92 Å². The minimum atomic E-state index is -0.436. The van der Waals surface area contributed by atoms with Crippen LogP contribution in [0.1, 0.15) is 26.3 Å². The molecule has 5 nitrogen and oxygen atoms in total. The predicted octanol–water partition coefficient (Wildman–Crippen LogP) is 2.78. The summed E-state index contributed by atoms with van der Waals surface area (Å²) in [4.78, 5) is 26.5. The molecule has 110 valence electrons. The average molecular weight is 304 g/mol. The molecule has 2 rings (SSSR count). The van der Waals surface area contributed by atoms with Crippen LogP contribution in [0.25, 0.3) is 0 Å². The zero-order valence-electron chi connectivity index (χ0n) is 11.8. The Morgan fingerprint density at radius 3 is 2.33 bits per heavy atom. The number of hydrogen-bond donors (Lipinski definition) is 1. The van der Waals surface area contributed by atoms with Gasteiger partial charge in [0.05, 0.1) is 12.0 Å². The minimum absolute atomic E-state index is 0.151. The molecule has 2 N–H and O–H groups in total. The van der Waals surface area contributed by atoms with Crippen molar-refractivity contribution in [2.75, 3.05) is 24.3 Å². The highest BCUT2D eigenvalue weighted by Crippen LogP contribution is 2.23. The van der Waals surface area contributed by atoms with Gasteiger partial charge in [0.25, 0.3) is 5.91 Å². The molecule has 0 unspecified atom stereocenters. The Labute approximate surface area is 126 Å². The lowest BCUT2D eigenvalue weighted by atomic mass is 10.2. The van der Waals surface area contributed by atoms with Crippen LogP contribution >= 0.6 is 11.3 Å². The molecule has 1 aromatic carbocycles. The number of benzene rings is 1. The zero-order chi connectivity index (χ0) is 15.4. The summed E-state index contributed by atoms with van der Waals surface area (Å²) in [7, 11) is 1.32. The van der Waals surface area contributed by atoms with Gasteiger partial charge in [0, 0.05) is 17.9 Å². The standard InChI is InChI=1S/C15H16N2O3S/c1-3-17(11-6-4-10(16)5-7-11)14(18)12-8-9-13(21-12)15(19)20-2/h4-9H,3,16H2,1-2H3. The van der Waals surface area contributed by atoms with Gasteiger partial charge in [-0.1, -0.05) is 0 Å². The van der Waals surface area contributed by atoms with Crippen LogP contribution in [0.2, 0.25) is 0 Å². The Kier molecular flexibility index (Phi) is 4.59. The molecular weight excluding hydrogens is 288 g/mol. The number of hydrogen-bond acceptors (Lipinski definition) is 5. The molecule has 1 heterocycles. The second kappa shape index (κ2) is 6.41. The van der Waals surface area contributed by atoms with E-state index in [1.54, 1.807) is 41.3 Å². The van der Waals surface area contributed by atoms with Gasteiger partial charge in [-0.2, -0.15) is 0 Å². The van der Waals surface area contributed by atoms with E-state index >= 15 is 0 Å². The summed E-state index contributed by atoms with van der Waals surface area (Å²) >= 11 is 1.12. The summed E-state index contributed by atoms with van der Waals surface area (Å²) in [5, 5.41) is 0. The number of esters is 1. The Morgan fingerprint density at radius 2 is 1.76 bits per heavy atom. The molecule has 0 bridgehead atoms. The van der Waals surface area contributed by atoms with Crippen LogP contribution in [0.4, 0.5) is 11.4 Å². The summed E-state index contributed by atoms with van der Waals surface area (Å²) in [6.07, 6.45) is 0. The van der Waals surface area contributed by atoms with Crippen LogP contribution in [-0.4, -0.2) is 25.5 Å².